The van der Waals surface area contributed by atoms with Crippen LogP contribution in [0.15, 0.2) is 96.1 Å². The summed E-state index contributed by atoms with van der Waals surface area (Å²) in [5.74, 6) is -0.691. The monoisotopic (exact) mass is 490 g/mol. The summed E-state index contributed by atoms with van der Waals surface area (Å²) in [6.07, 6.45) is -3.22. The van der Waals surface area contributed by atoms with E-state index < -0.39 is 6.36 Å². The van der Waals surface area contributed by atoms with Gasteiger partial charge in [0.15, 0.2) is 5.69 Å². The van der Waals surface area contributed by atoms with Crippen molar-refractivity contribution in [2.24, 2.45) is 4.99 Å². The number of fused-ring (bicyclic) bond motifs is 1. The van der Waals surface area contributed by atoms with E-state index in [4.69, 9.17) is 4.99 Å². The van der Waals surface area contributed by atoms with E-state index in [2.05, 4.69) is 9.84 Å². The SMILES string of the molecule is C[C@H]1CN(c2ccc(OC(F)(F)F)cc2)C(=O)c2c(N=C(c3ccccc3)c3ccccc3)cnn21. The normalized spacial score (nSPS) is 15.4. The summed E-state index contributed by atoms with van der Waals surface area (Å²) < 4.78 is 43.2. The minimum absolute atomic E-state index is 0.176. The first kappa shape index (κ1) is 23.3. The Morgan fingerprint density at radius 1 is 0.944 bits per heavy atom. The summed E-state index contributed by atoms with van der Waals surface area (Å²) in [5, 5.41) is 4.43. The highest BCUT2D eigenvalue weighted by Crippen LogP contribution is 2.33. The lowest BCUT2D eigenvalue weighted by Gasteiger charge is -2.32. The van der Waals surface area contributed by atoms with Gasteiger partial charge in [-0.15, -0.1) is 13.2 Å². The van der Waals surface area contributed by atoms with Gasteiger partial charge in [-0.05, 0) is 31.2 Å². The fourth-order valence-electron chi connectivity index (χ4n) is 4.19. The number of alkyl halides is 3. The number of benzene rings is 3. The summed E-state index contributed by atoms with van der Waals surface area (Å²) in [6.45, 7) is 2.22. The Balaban J connectivity index is 1.53. The van der Waals surface area contributed by atoms with Gasteiger partial charge in [0, 0.05) is 23.4 Å². The van der Waals surface area contributed by atoms with E-state index in [9.17, 15) is 18.0 Å². The molecule has 0 unspecified atom stereocenters. The van der Waals surface area contributed by atoms with Crippen LogP contribution in [0.25, 0.3) is 0 Å². The minimum atomic E-state index is -4.79. The van der Waals surface area contributed by atoms with Crippen LogP contribution in [-0.4, -0.2) is 34.3 Å². The third kappa shape index (κ3) is 4.72. The number of amides is 1. The molecule has 4 aromatic rings. The molecular weight excluding hydrogens is 469 g/mol. The van der Waals surface area contributed by atoms with Gasteiger partial charge in [-0.3, -0.25) is 9.48 Å². The quantitative estimate of drug-likeness (QED) is 0.314. The van der Waals surface area contributed by atoms with Crippen molar-refractivity contribution in [2.45, 2.75) is 19.3 Å². The van der Waals surface area contributed by atoms with Crippen LogP contribution in [0, 0.1) is 0 Å². The van der Waals surface area contributed by atoms with E-state index in [0.717, 1.165) is 11.1 Å². The van der Waals surface area contributed by atoms with Crippen molar-refractivity contribution in [1.29, 1.82) is 0 Å². The summed E-state index contributed by atoms with van der Waals surface area (Å²) in [5.41, 5.74) is 3.65. The maximum Gasteiger partial charge on any atom is 0.573 e. The van der Waals surface area contributed by atoms with Gasteiger partial charge in [0.25, 0.3) is 5.91 Å². The van der Waals surface area contributed by atoms with Gasteiger partial charge in [-0.1, -0.05) is 60.7 Å². The van der Waals surface area contributed by atoms with Crippen LogP contribution in [0.4, 0.5) is 24.5 Å². The van der Waals surface area contributed by atoms with Crippen LogP contribution in [0.1, 0.15) is 34.6 Å². The number of aromatic nitrogens is 2. The Morgan fingerprint density at radius 3 is 2.08 bits per heavy atom. The standard InChI is InChI=1S/C27H21F3N4O2/c1-18-17-33(21-12-14-22(15-13-21)36-27(28,29)30)26(35)25-23(16-31-34(18)25)32-24(19-8-4-2-5-9-19)20-10-6-3-7-11-20/h2-16,18H,17H2,1H3/t18-/m0/s1. The molecular formula is C27H21F3N4O2. The molecule has 0 bridgehead atoms. The second-order valence-electron chi connectivity index (χ2n) is 8.32. The molecule has 3 aromatic carbocycles. The molecule has 0 radical (unpaired) electrons. The average Bonchev–Trinajstić information content (AvgIpc) is 3.30. The van der Waals surface area contributed by atoms with Crippen molar-refractivity contribution in [1.82, 2.24) is 9.78 Å². The largest absolute Gasteiger partial charge is 0.573 e. The molecule has 0 spiro atoms. The molecule has 9 heteroatoms. The fraction of sp³-hybridized carbons (Fsp3) is 0.148. The van der Waals surface area contributed by atoms with E-state index >= 15 is 0 Å². The third-order valence-corrected chi connectivity index (χ3v) is 5.80. The number of halogens is 3. The van der Waals surface area contributed by atoms with E-state index in [0.29, 0.717) is 29.3 Å². The Morgan fingerprint density at radius 2 is 1.53 bits per heavy atom. The zero-order chi connectivity index (χ0) is 25.3. The van der Waals surface area contributed by atoms with Crippen LogP contribution >= 0.6 is 0 Å². The van der Waals surface area contributed by atoms with E-state index in [-0.39, 0.29) is 17.7 Å². The van der Waals surface area contributed by atoms with Crippen LogP contribution in [0.5, 0.6) is 5.75 Å². The molecule has 1 aromatic heterocycles. The smallest absolute Gasteiger partial charge is 0.406 e. The van der Waals surface area contributed by atoms with Gasteiger partial charge < -0.3 is 9.64 Å². The highest BCUT2D eigenvalue weighted by molar-refractivity contribution is 6.15. The molecule has 6 nitrogen and oxygen atoms in total. The average molecular weight is 490 g/mol. The van der Waals surface area contributed by atoms with E-state index in [1.54, 1.807) is 10.9 Å². The van der Waals surface area contributed by atoms with Crippen LogP contribution in [0.2, 0.25) is 0 Å². The molecule has 1 amide bonds. The molecule has 0 aliphatic carbocycles. The predicted molar refractivity (Wildman–Crippen MR) is 130 cm³/mol. The number of aliphatic imine (C=N–C) groups is 1. The molecule has 2 heterocycles. The van der Waals surface area contributed by atoms with Gasteiger partial charge in [0.2, 0.25) is 0 Å². The van der Waals surface area contributed by atoms with Crippen molar-refractivity contribution in [3.63, 3.8) is 0 Å². The lowest BCUT2D eigenvalue weighted by molar-refractivity contribution is -0.274. The van der Waals surface area contributed by atoms with Crippen LogP contribution in [0.3, 0.4) is 0 Å². The molecule has 0 fully saturated rings. The molecule has 1 aliphatic heterocycles. The highest BCUT2D eigenvalue weighted by atomic mass is 19.4. The Hall–Kier alpha value is -4.40. The van der Waals surface area contributed by atoms with Crippen LogP contribution < -0.4 is 9.64 Å². The fourth-order valence-corrected chi connectivity index (χ4v) is 4.19. The molecule has 0 N–H and O–H groups in total. The summed E-state index contributed by atoms with van der Waals surface area (Å²) in [7, 11) is 0. The summed E-state index contributed by atoms with van der Waals surface area (Å²) >= 11 is 0. The first-order valence-electron chi connectivity index (χ1n) is 11.2. The topological polar surface area (TPSA) is 59.7 Å². The Labute approximate surface area is 205 Å². The zero-order valence-electron chi connectivity index (χ0n) is 19.2. The van der Waals surface area contributed by atoms with E-state index in [1.165, 1.54) is 29.2 Å². The number of carbonyl (C=O) groups excluding carboxylic acids is 1. The third-order valence-electron chi connectivity index (χ3n) is 5.80. The van der Waals surface area contributed by atoms with Gasteiger partial charge in [0.05, 0.1) is 18.0 Å². The summed E-state index contributed by atoms with van der Waals surface area (Å²) in [6, 6.07) is 24.4. The second kappa shape index (κ2) is 9.33. The Bertz CT molecular complexity index is 1360. The van der Waals surface area contributed by atoms with Gasteiger partial charge in [-0.25, -0.2) is 4.99 Å². The second-order valence-corrected chi connectivity index (χ2v) is 8.32. The summed E-state index contributed by atoms with van der Waals surface area (Å²) in [4.78, 5) is 20.0. The number of hydrogen-bond donors (Lipinski definition) is 0. The molecule has 182 valence electrons. The molecule has 1 aliphatic rings. The van der Waals surface area contributed by atoms with E-state index in [1.807, 2.05) is 67.6 Å². The van der Waals surface area contributed by atoms with Gasteiger partial charge in [-0.2, -0.15) is 5.10 Å². The van der Waals surface area contributed by atoms with Crippen molar-refractivity contribution in [3.8, 4) is 5.75 Å². The zero-order valence-corrected chi connectivity index (χ0v) is 19.2. The number of hydrogen-bond acceptors (Lipinski definition) is 4. The predicted octanol–water partition coefficient (Wildman–Crippen LogP) is 6.17. The first-order valence-corrected chi connectivity index (χ1v) is 11.2. The number of anilines is 1. The molecule has 5 rings (SSSR count). The van der Waals surface area contributed by atoms with Gasteiger partial charge in [0.1, 0.15) is 11.4 Å². The Kier molecular flexibility index (Phi) is 6.05. The number of carbonyl (C=O) groups is 1. The van der Waals surface area contributed by atoms with Crippen LogP contribution in [-0.2, 0) is 0 Å². The van der Waals surface area contributed by atoms with Crippen molar-refractivity contribution < 1.29 is 22.7 Å². The minimum Gasteiger partial charge on any atom is -0.406 e. The van der Waals surface area contributed by atoms with Crippen molar-refractivity contribution in [3.05, 3.63) is 108 Å². The first-order chi connectivity index (χ1) is 17.3. The molecule has 0 saturated heterocycles. The van der Waals surface area contributed by atoms with Crippen molar-refractivity contribution >= 4 is 23.0 Å². The molecule has 1 atom stereocenters. The lowest BCUT2D eigenvalue weighted by Crippen LogP contribution is -2.42. The maximum absolute atomic E-state index is 13.6. The maximum atomic E-state index is 13.6. The molecule has 36 heavy (non-hydrogen) atoms. The lowest BCUT2D eigenvalue weighted by atomic mass is 10.0. The molecule has 0 saturated carbocycles. The number of rotatable bonds is 5. The number of nitrogens with zero attached hydrogens (tertiary/aromatic N) is 4. The van der Waals surface area contributed by atoms with Gasteiger partial charge >= 0.3 is 6.36 Å². The highest BCUT2D eigenvalue weighted by Gasteiger charge is 2.34. The number of ether oxygens (including phenoxy) is 1. The van der Waals surface area contributed by atoms with Crippen molar-refractivity contribution in [2.75, 3.05) is 11.4 Å².